The van der Waals surface area contributed by atoms with Gasteiger partial charge in [0, 0.05) is 28.9 Å². The van der Waals surface area contributed by atoms with Crippen molar-refractivity contribution in [3.8, 4) is 0 Å². The highest BCUT2D eigenvalue weighted by molar-refractivity contribution is 7.99. The van der Waals surface area contributed by atoms with Crippen molar-refractivity contribution in [3.63, 3.8) is 0 Å². The highest BCUT2D eigenvalue weighted by Gasteiger charge is 2.16. The number of rotatable bonds is 6. The van der Waals surface area contributed by atoms with Crippen LogP contribution in [0.15, 0.2) is 35.4 Å². The fourth-order valence-electron chi connectivity index (χ4n) is 3.47. The molecule has 0 aliphatic carbocycles. The lowest BCUT2D eigenvalue weighted by atomic mass is 10.1. The second-order valence-electron chi connectivity index (χ2n) is 6.90. The number of hydrogen-bond donors (Lipinski definition) is 0. The summed E-state index contributed by atoms with van der Waals surface area (Å²) < 4.78 is 2.24. The van der Waals surface area contributed by atoms with Crippen LogP contribution in [0.2, 0.25) is 0 Å². The van der Waals surface area contributed by atoms with Crippen molar-refractivity contribution in [1.29, 1.82) is 0 Å². The van der Waals surface area contributed by atoms with Crippen LogP contribution in [-0.2, 0) is 6.54 Å². The lowest BCUT2D eigenvalue weighted by Crippen LogP contribution is -2.06. The van der Waals surface area contributed by atoms with E-state index in [1.165, 1.54) is 28.3 Å². The van der Waals surface area contributed by atoms with Crippen LogP contribution >= 0.6 is 11.8 Å². The molecule has 4 heteroatoms. The van der Waals surface area contributed by atoms with Gasteiger partial charge in [-0.15, -0.1) is 0 Å². The number of pyridine rings is 1. The quantitative estimate of drug-likeness (QED) is 0.417. The zero-order valence-corrected chi connectivity index (χ0v) is 17.0. The van der Waals surface area contributed by atoms with Gasteiger partial charge < -0.3 is 4.57 Å². The van der Waals surface area contributed by atoms with Crippen molar-refractivity contribution < 1.29 is 4.79 Å². The van der Waals surface area contributed by atoms with Gasteiger partial charge >= 0.3 is 0 Å². The third-order valence-corrected chi connectivity index (χ3v) is 5.81. The SMILES string of the molecule is CCCn1c(C)cc(C(=O)CSc2cc(C)c3cccc(C)c3n2)c1C. The summed E-state index contributed by atoms with van der Waals surface area (Å²) in [6.07, 6.45) is 1.07. The molecule has 3 aromatic rings. The molecular formula is C22H26N2OS. The summed E-state index contributed by atoms with van der Waals surface area (Å²) in [6.45, 7) is 11.4. The van der Waals surface area contributed by atoms with Crippen molar-refractivity contribution >= 4 is 28.4 Å². The largest absolute Gasteiger partial charge is 0.348 e. The van der Waals surface area contributed by atoms with Crippen LogP contribution in [0.1, 0.15) is 46.2 Å². The average Bonchev–Trinajstić information content (AvgIpc) is 2.89. The van der Waals surface area contributed by atoms with E-state index in [0.717, 1.165) is 40.5 Å². The standard InChI is InChI=1S/C22H26N2OS/c1-6-10-24-16(4)12-19(17(24)5)20(25)13-26-21-11-15(3)18-9-7-8-14(2)22(18)23-21/h7-9,11-12H,6,10,13H2,1-5H3. The molecule has 0 fully saturated rings. The van der Waals surface area contributed by atoms with E-state index in [4.69, 9.17) is 4.98 Å². The number of benzene rings is 1. The van der Waals surface area contributed by atoms with Crippen LogP contribution in [0.25, 0.3) is 10.9 Å². The first-order valence-electron chi connectivity index (χ1n) is 9.12. The number of fused-ring (bicyclic) bond motifs is 1. The van der Waals surface area contributed by atoms with Gasteiger partial charge in [-0.05, 0) is 57.4 Å². The molecule has 1 aromatic carbocycles. The van der Waals surface area contributed by atoms with Crippen LogP contribution in [0.5, 0.6) is 0 Å². The van der Waals surface area contributed by atoms with Crippen molar-refractivity contribution in [2.45, 2.75) is 52.6 Å². The summed E-state index contributed by atoms with van der Waals surface area (Å²) in [7, 11) is 0. The molecule has 3 rings (SSSR count). The molecule has 0 radical (unpaired) electrons. The van der Waals surface area contributed by atoms with Gasteiger partial charge in [-0.2, -0.15) is 0 Å². The predicted molar refractivity (Wildman–Crippen MR) is 110 cm³/mol. The maximum atomic E-state index is 12.8. The number of carbonyl (C=O) groups excluding carboxylic acids is 1. The van der Waals surface area contributed by atoms with Gasteiger partial charge in [0.2, 0.25) is 0 Å². The topological polar surface area (TPSA) is 34.9 Å². The second-order valence-corrected chi connectivity index (χ2v) is 7.89. The van der Waals surface area contributed by atoms with Crippen molar-refractivity contribution in [2.75, 3.05) is 5.75 Å². The minimum atomic E-state index is 0.176. The van der Waals surface area contributed by atoms with Crippen LogP contribution in [-0.4, -0.2) is 21.1 Å². The number of Topliss-reactive ketones (excluding diaryl/α,β-unsaturated/α-hetero) is 1. The van der Waals surface area contributed by atoms with Crippen molar-refractivity contribution in [1.82, 2.24) is 9.55 Å². The number of ketones is 1. The maximum Gasteiger partial charge on any atom is 0.174 e. The number of nitrogens with zero attached hydrogens (tertiary/aromatic N) is 2. The minimum absolute atomic E-state index is 0.176. The minimum Gasteiger partial charge on any atom is -0.348 e. The number of aryl methyl sites for hydroxylation is 3. The molecule has 0 amide bonds. The van der Waals surface area contributed by atoms with E-state index in [1.54, 1.807) is 0 Å². The fourth-order valence-corrected chi connectivity index (χ4v) is 4.32. The summed E-state index contributed by atoms with van der Waals surface area (Å²) in [6, 6.07) is 10.4. The average molecular weight is 367 g/mol. The van der Waals surface area contributed by atoms with Gasteiger partial charge in [0.15, 0.2) is 5.78 Å². The zero-order chi connectivity index (χ0) is 18.8. The normalized spacial score (nSPS) is 11.3. The molecule has 136 valence electrons. The van der Waals surface area contributed by atoms with Gasteiger partial charge in [0.1, 0.15) is 0 Å². The van der Waals surface area contributed by atoms with E-state index in [0.29, 0.717) is 5.75 Å². The van der Waals surface area contributed by atoms with E-state index in [2.05, 4.69) is 56.5 Å². The monoisotopic (exact) mass is 366 g/mol. The van der Waals surface area contributed by atoms with Crippen LogP contribution in [0.4, 0.5) is 0 Å². The molecule has 0 aliphatic rings. The lowest BCUT2D eigenvalue weighted by Gasteiger charge is -2.09. The number of carbonyl (C=O) groups is 1. The summed E-state index contributed by atoms with van der Waals surface area (Å²) in [4.78, 5) is 17.5. The third kappa shape index (κ3) is 3.56. The lowest BCUT2D eigenvalue weighted by molar-refractivity contribution is 0.102. The molecule has 0 unspecified atom stereocenters. The first-order chi connectivity index (χ1) is 12.4. The highest BCUT2D eigenvalue weighted by atomic mass is 32.2. The van der Waals surface area contributed by atoms with E-state index in [-0.39, 0.29) is 5.78 Å². The van der Waals surface area contributed by atoms with Gasteiger partial charge in [-0.25, -0.2) is 4.98 Å². The Morgan fingerprint density at radius 3 is 2.62 bits per heavy atom. The number of aromatic nitrogens is 2. The van der Waals surface area contributed by atoms with Crippen LogP contribution < -0.4 is 0 Å². The third-order valence-electron chi connectivity index (χ3n) is 4.90. The summed E-state index contributed by atoms with van der Waals surface area (Å²) in [5, 5.41) is 2.10. The van der Waals surface area contributed by atoms with Crippen LogP contribution in [0.3, 0.4) is 0 Å². The smallest absolute Gasteiger partial charge is 0.174 e. The number of para-hydroxylation sites is 1. The molecule has 0 atom stereocenters. The summed E-state index contributed by atoms with van der Waals surface area (Å²) >= 11 is 1.53. The Balaban J connectivity index is 1.81. The Labute approximate surface area is 159 Å². The molecule has 0 spiro atoms. The Kier molecular flexibility index (Phi) is 5.52. The molecule has 2 aromatic heterocycles. The first kappa shape index (κ1) is 18.7. The Hall–Kier alpha value is -2.07. The fraction of sp³-hybridized carbons (Fsp3) is 0.364. The highest BCUT2D eigenvalue weighted by Crippen LogP contribution is 2.27. The van der Waals surface area contributed by atoms with Crippen molar-refractivity contribution in [2.24, 2.45) is 0 Å². The molecule has 3 nitrogen and oxygen atoms in total. The van der Waals surface area contributed by atoms with E-state index in [1.807, 2.05) is 13.0 Å². The molecule has 2 heterocycles. The Morgan fingerprint density at radius 2 is 1.88 bits per heavy atom. The Morgan fingerprint density at radius 1 is 1.12 bits per heavy atom. The molecular weight excluding hydrogens is 340 g/mol. The van der Waals surface area contributed by atoms with Crippen molar-refractivity contribution in [3.05, 3.63) is 58.4 Å². The molecule has 0 saturated carbocycles. The molecule has 0 saturated heterocycles. The summed E-state index contributed by atoms with van der Waals surface area (Å²) in [5.74, 6) is 0.593. The van der Waals surface area contributed by atoms with Gasteiger partial charge in [0.25, 0.3) is 0 Å². The van der Waals surface area contributed by atoms with E-state index < -0.39 is 0 Å². The Bertz CT molecular complexity index is 972. The maximum absolute atomic E-state index is 12.8. The first-order valence-corrected chi connectivity index (χ1v) is 10.1. The van der Waals surface area contributed by atoms with Gasteiger partial charge in [0.05, 0.1) is 16.3 Å². The number of hydrogen-bond acceptors (Lipinski definition) is 3. The molecule has 26 heavy (non-hydrogen) atoms. The molecule has 0 N–H and O–H groups in total. The van der Waals surface area contributed by atoms with E-state index in [9.17, 15) is 4.79 Å². The predicted octanol–water partition coefficient (Wildman–Crippen LogP) is 5.65. The molecule has 0 aliphatic heterocycles. The second kappa shape index (κ2) is 7.67. The molecule has 0 bridgehead atoms. The summed E-state index contributed by atoms with van der Waals surface area (Å²) in [5.41, 5.74) is 6.49. The van der Waals surface area contributed by atoms with Gasteiger partial charge in [-0.1, -0.05) is 36.9 Å². The van der Waals surface area contributed by atoms with E-state index >= 15 is 0 Å². The van der Waals surface area contributed by atoms with Crippen LogP contribution in [0, 0.1) is 27.7 Å². The zero-order valence-electron chi connectivity index (χ0n) is 16.2. The number of thioether (sulfide) groups is 1. The van der Waals surface area contributed by atoms with Gasteiger partial charge in [-0.3, -0.25) is 4.79 Å².